The summed E-state index contributed by atoms with van der Waals surface area (Å²) < 4.78 is 0. The highest BCUT2D eigenvalue weighted by atomic mass is 35.5. The van der Waals surface area contributed by atoms with Crippen LogP contribution < -0.4 is 5.73 Å². The van der Waals surface area contributed by atoms with Gasteiger partial charge in [0.2, 0.25) is 0 Å². The van der Waals surface area contributed by atoms with Crippen molar-refractivity contribution >= 4 is 11.6 Å². The maximum atomic E-state index is 6.29. The summed E-state index contributed by atoms with van der Waals surface area (Å²) >= 11 is 5.81. The van der Waals surface area contributed by atoms with E-state index >= 15 is 0 Å². The maximum absolute atomic E-state index is 6.29. The summed E-state index contributed by atoms with van der Waals surface area (Å²) in [4.78, 5) is 10.6. The molecule has 4 nitrogen and oxygen atoms in total. The van der Waals surface area contributed by atoms with Gasteiger partial charge >= 0.3 is 0 Å². The first-order chi connectivity index (χ1) is 10.1. The molecule has 1 atom stereocenters. The van der Waals surface area contributed by atoms with E-state index in [9.17, 15) is 0 Å². The molecular formula is C16H23ClN4. The van der Waals surface area contributed by atoms with Crippen LogP contribution in [0.25, 0.3) is 0 Å². The minimum absolute atomic E-state index is 0.0991. The molecule has 1 heterocycles. The Morgan fingerprint density at radius 3 is 2.48 bits per heavy atom. The van der Waals surface area contributed by atoms with Crippen LogP contribution in [0.3, 0.4) is 0 Å². The number of nitrogens with two attached hydrogens (primary N) is 1. The molecule has 0 amide bonds. The molecule has 2 N–H and O–H groups in total. The molecule has 1 saturated carbocycles. The molecule has 0 spiro atoms. The molecule has 114 valence electrons. The van der Waals surface area contributed by atoms with Crippen LogP contribution in [0.2, 0.25) is 5.02 Å². The fourth-order valence-electron chi connectivity index (χ4n) is 2.68. The standard InChI is InChI=1S/C16H23ClN4/c1-21(2)9-3-4-12-5-7-13(8-6-12)15(18)16-19-10-14(17)11-20-16/h10-13,15H,5-9,18H2,1-2H3. The molecule has 2 rings (SSSR count). The first kappa shape index (κ1) is 16.2. The Bertz CT molecular complexity index is 495. The van der Waals surface area contributed by atoms with Crippen molar-refractivity contribution in [3.63, 3.8) is 0 Å². The van der Waals surface area contributed by atoms with E-state index < -0.39 is 0 Å². The lowest BCUT2D eigenvalue weighted by Gasteiger charge is -2.29. The van der Waals surface area contributed by atoms with Crippen molar-refractivity contribution in [3.05, 3.63) is 23.2 Å². The first-order valence-corrected chi connectivity index (χ1v) is 7.80. The van der Waals surface area contributed by atoms with Gasteiger partial charge in [-0.1, -0.05) is 23.4 Å². The molecule has 21 heavy (non-hydrogen) atoms. The smallest absolute Gasteiger partial charge is 0.145 e. The minimum Gasteiger partial charge on any atom is -0.321 e. The van der Waals surface area contributed by atoms with Crippen LogP contribution in [0, 0.1) is 23.7 Å². The Labute approximate surface area is 132 Å². The molecule has 0 aromatic carbocycles. The number of hydrogen-bond acceptors (Lipinski definition) is 4. The fourth-order valence-corrected chi connectivity index (χ4v) is 2.77. The monoisotopic (exact) mass is 306 g/mol. The van der Waals surface area contributed by atoms with Gasteiger partial charge in [-0.3, -0.25) is 4.90 Å². The van der Waals surface area contributed by atoms with Crippen molar-refractivity contribution in [2.45, 2.75) is 31.7 Å². The number of hydrogen-bond donors (Lipinski definition) is 1. The van der Waals surface area contributed by atoms with Gasteiger partial charge in [0.15, 0.2) is 0 Å². The van der Waals surface area contributed by atoms with Gasteiger partial charge < -0.3 is 5.73 Å². The van der Waals surface area contributed by atoms with Crippen molar-refractivity contribution in [1.82, 2.24) is 14.9 Å². The van der Waals surface area contributed by atoms with Crippen LogP contribution >= 0.6 is 11.6 Å². The van der Waals surface area contributed by atoms with Crippen LogP contribution in [-0.4, -0.2) is 35.5 Å². The van der Waals surface area contributed by atoms with Gasteiger partial charge in [0.05, 0.1) is 17.6 Å². The largest absolute Gasteiger partial charge is 0.321 e. The average Bonchev–Trinajstić information content (AvgIpc) is 2.48. The van der Waals surface area contributed by atoms with E-state index in [4.69, 9.17) is 17.3 Å². The second-order valence-corrected chi connectivity index (χ2v) is 6.39. The van der Waals surface area contributed by atoms with Crippen molar-refractivity contribution in [3.8, 4) is 11.8 Å². The van der Waals surface area contributed by atoms with E-state index in [1.54, 1.807) is 12.4 Å². The zero-order valence-corrected chi connectivity index (χ0v) is 13.5. The van der Waals surface area contributed by atoms with E-state index in [1.807, 2.05) is 14.1 Å². The molecule has 1 aliphatic rings. The molecule has 1 aromatic heterocycles. The van der Waals surface area contributed by atoms with Gasteiger partial charge in [-0.15, -0.1) is 0 Å². The third-order valence-electron chi connectivity index (χ3n) is 3.92. The van der Waals surface area contributed by atoms with Crippen LogP contribution in [0.1, 0.15) is 37.5 Å². The lowest BCUT2D eigenvalue weighted by Crippen LogP contribution is -2.27. The van der Waals surface area contributed by atoms with Crippen LogP contribution in [0.4, 0.5) is 0 Å². The molecule has 1 aliphatic carbocycles. The normalized spacial score (nSPS) is 23.5. The Morgan fingerprint density at radius 2 is 1.90 bits per heavy atom. The van der Waals surface area contributed by atoms with E-state index in [-0.39, 0.29) is 6.04 Å². The summed E-state index contributed by atoms with van der Waals surface area (Å²) in [5.74, 6) is 8.27. The van der Waals surface area contributed by atoms with E-state index in [2.05, 4.69) is 26.7 Å². The number of rotatable bonds is 3. The van der Waals surface area contributed by atoms with Crippen molar-refractivity contribution in [1.29, 1.82) is 0 Å². The lowest BCUT2D eigenvalue weighted by molar-refractivity contribution is 0.270. The van der Waals surface area contributed by atoms with Crippen molar-refractivity contribution in [2.24, 2.45) is 17.6 Å². The second-order valence-electron chi connectivity index (χ2n) is 5.96. The summed E-state index contributed by atoms with van der Waals surface area (Å²) in [6, 6.07) is -0.0991. The fraction of sp³-hybridized carbons (Fsp3) is 0.625. The van der Waals surface area contributed by atoms with Crippen LogP contribution in [-0.2, 0) is 0 Å². The summed E-state index contributed by atoms with van der Waals surface area (Å²) in [7, 11) is 4.08. The maximum Gasteiger partial charge on any atom is 0.145 e. The second kappa shape index (κ2) is 7.74. The average molecular weight is 307 g/mol. The van der Waals surface area contributed by atoms with E-state index in [0.717, 1.165) is 32.2 Å². The van der Waals surface area contributed by atoms with Gasteiger partial charge in [-0.25, -0.2) is 9.97 Å². The first-order valence-electron chi connectivity index (χ1n) is 7.42. The zero-order valence-electron chi connectivity index (χ0n) is 12.7. The zero-order chi connectivity index (χ0) is 15.2. The predicted molar refractivity (Wildman–Crippen MR) is 85.7 cm³/mol. The van der Waals surface area contributed by atoms with E-state index in [1.165, 1.54) is 0 Å². The Balaban J connectivity index is 1.85. The van der Waals surface area contributed by atoms with Gasteiger partial charge in [-0.05, 0) is 45.7 Å². The highest BCUT2D eigenvalue weighted by molar-refractivity contribution is 6.30. The molecule has 1 unspecified atom stereocenters. The molecule has 0 aliphatic heterocycles. The number of nitrogens with zero attached hydrogens (tertiary/aromatic N) is 3. The highest BCUT2D eigenvalue weighted by Gasteiger charge is 2.27. The molecule has 1 aromatic rings. The third kappa shape index (κ3) is 4.96. The summed E-state index contributed by atoms with van der Waals surface area (Å²) in [5, 5.41) is 0.547. The summed E-state index contributed by atoms with van der Waals surface area (Å²) in [6.45, 7) is 0.831. The number of aromatic nitrogens is 2. The summed E-state index contributed by atoms with van der Waals surface area (Å²) in [5.41, 5.74) is 6.29. The van der Waals surface area contributed by atoms with Gasteiger partial charge in [0.1, 0.15) is 5.82 Å². The molecule has 0 radical (unpaired) electrons. The van der Waals surface area contributed by atoms with Gasteiger partial charge in [0, 0.05) is 18.3 Å². The van der Waals surface area contributed by atoms with Gasteiger partial charge in [0.25, 0.3) is 0 Å². The van der Waals surface area contributed by atoms with Gasteiger partial charge in [-0.2, -0.15) is 0 Å². The number of halogens is 1. The molecule has 0 bridgehead atoms. The highest BCUT2D eigenvalue weighted by Crippen LogP contribution is 2.34. The predicted octanol–water partition coefficient (Wildman–Crippen LogP) is 2.50. The summed E-state index contributed by atoms with van der Waals surface area (Å²) in [6.07, 6.45) is 7.64. The minimum atomic E-state index is -0.0991. The van der Waals surface area contributed by atoms with Crippen LogP contribution in [0.15, 0.2) is 12.4 Å². The molecule has 0 saturated heterocycles. The Morgan fingerprint density at radius 1 is 1.29 bits per heavy atom. The third-order valence-corrected chi connectivity index (χ3v) is 4.11. The van der Waals surface area contributed by atoms with Crippen molar-refractivity contribution in [2.75, 3.05) is 20.6 Å². The lowest BCUT2D eigenvalue weighted by atomic mass is 9.78. The topological polar surface area (TPSA) is 55.0 Å². The Kier molecular flexibility index (Phi) is 5.98. The molecular weight excluding hydrogens is 284 g/mol. The SMILES string of the molecule is CN(C)CC#CC1CCC(C(N)c2ncc(Cl)cn2)CC1. The van der Waals surface area contributed by atoms with Crippen molar-refractivity contribution < 1.29 is 0 Å². The Hall–Kier alpha value is -1.15. The van der Waals surface area contributed by atoms with E-state index in [0.29, 0.717) is 22.7 Å². The van der Waals surface area contributed by atoms with Crippen LogP contribution in [0.5, 0.6) is 0 Å². The molecule has 5 heteroatoms. The molecule has 1 fully saturated rings. The quantitative estimate of drug-likeness (QED) is 0.872.